The Balaban J connectivity index is 1.87. The van der Waals surface area contributed by atoms with E-state index in [1.807, 2.05) is 37.3 Å². The summed E-state index contributed by atoms with van der Waals surface area (Å²) in [5, 5.41) is 5.96. The molecule has 2 aromatic carbocycles. The highest BCUT2D eigenvalue weighted by molar-refractivity contribution is 6.03. The molecule has 1 heterocycles. The predicted molar refractivity (Wildman–Crippen MR) is 109 cm³/mol. The van der Waals surface area contributed by atoms with Crippen molar-refractivity contribution in [3.05, 3.63) is 65.5 Å². The number of amides is 1. The lowest BCUT2D eigenvalue weighted by Crippen LogP contribution is -2.16. The quantitative estimate of drug-likeness (QED) is 0.671. The van der Waals surface area contributed by atoms with Gasteiger partial charge in [0, 0.05) is 5.69 Å². The zero-order valence-corrected chi connectivity index (χ0v) is 16.2. The van der Waals surface area contributed by atoms with E-state index in [0.29, 0.717) is 28.8 Å². The molecule has 0 atom stereocenters. The molecular weight excluding hydrogens is 356 g/mol. The summed E-state index contributed by atoms with van der Waals surface area (Å²) in [6, 6.07) is 14.6. The smallest absolute Gasteiger partial charge is 0.274 e. The van der Waals surface area contributed by atoms with Gasteiger partial charge in [-0.3, -0.25) is 4.79 Å². The van der Waals surface area contributed by atoms with E-state index in [1.54, 1.807) is 39.3 Å². The second-order valence-electron chi connectivity index (χ2n) is 6.20. The van der Waals surface area contributed by atoms with Gasteiger partial charge in [-0.1, -0.05) is 18.2 Å². The molecule has 144 valence electrons. The van der Waals surface area contributed by atoms with Gasteiger partial charge in [-0.25, -0.2) is 9.97 Å². The molecule has 3 rings (SSSR count). The number of para-hydroxylation sites is 2. The maximum Gasteiger partial charge on any atom is 0.274 e. The molecule has 3 aromatic rings. The maximum atomic E-state index is 12.7. The number of hydrogen-bond acceptors (Lipinski definition) is 6. The number of aryl methyl sites for hydroxylation is 2. The first-order valence-corrected chi connectivity index (χ1v) is 8.72. The summed E-state index contributed by atoms with van der Waals surface area (Å²) in [5.41, 5.74) is 3.26. The normalized spacial score (nSPS) is 10.3. The standard InChI is InChI=1S/C21H22N4O3/c1-13-9-10-19(28-4)16(11-13)24-21-22-14(2)12-17(25-21)20(26)23-15-7-5-6-8-18(15)27-3/h5-12H,1-4H3,(H,23,26)(H,22,24,25). The van der Waals surface area contributed by atoms with Crippen molar-refractivity contribution in [1.82, 2.24) is 9.97 Å². The van der Waals surface area contributed by atoms with Gasteiger partial charge in [-0.2, -0.15) is 0 Å². The number of ether oxygens (including phenoxy) is 2. The number of nitrogens with zero attached hydrogens (tertiary/aromatic N) is 2. The van der Waals surface area contributed by atoms with E-state index in [9.17, 15) is 4.79 Å². The van der Waals surface area contributed by atoms with Crippen LogP contribution in [0.5, 0.6) is 11.5 Å². The minimum absolute atomic E-state index is 0.243. The van der Waals surface area contributed by atoms with Gasteiger partial charge in [-0.15, -0.1) is 0 Å². The highest BCUT2D eigenvalue weighted by Crippen LogP contribution is 2.28. The van der Waals surface area contributed by atoms with Crippen LogP contribution in [0, 0.1) is 13.8 Å². The minimum Gasteiger partial charge on any atom is -0.495 e. The average Bonchev–Trinajstić information content (AvgIpc) is 2.68. The molecule has 0 radical (unpaired) electrons. The number of methoxy groups -OCH3 is 2. The predicted octanol–water partition coefficient (Wildman–Crippen LogP) is 4.11. The summed E-state index contributed by atoms with van der Waals surface area (Å²) in [4.78, 5) is 21.4. The van der Waals surface area contributed by atoms with Crippen LogP contribution in [0.1, 0.15) is 21.7 Å². The fraction of sp³-hybridized carbons (Fsp3) is 0.190. The molecule has 28 heavy (non-hydrogen) atoms. The van der Waals surface area contributed by atoms with Gasteiger partial charge in [0.25, 0.3) is 5.91 Å². The van der Waals surface area contributed by atoms with E-state index in [2.05, 4.69) is 20.6 Å². The van der Waals surface area contributed by atoms with Gasteiger partial charge in [0.2, 0.25) is 5.95 Å². The third-order valence-corrected chi connectivity index (χ3v) is 4.04. The molecule has 1 amide bonds. The Hall–Kier alpha value is -3.61. The van der Waals surface area contributed by atoms with Crippen molar-refractivity contribution in [2.75, 3.05) is 24.9 Å². The van der Waals surface area contributed by atoms with E-state index in [4.69, 9.17) is 9.47 Å². The average molecular weight is 378 g/mol. The van der Waals surface area contributed by atoms with Crippen molar-refractivity contribution in [3.8, 4) is 11.5 Å². The Kier molecular flexibility index (Phi) is 5.74. The van der Waals surface area contributed by atoms with Gasteiger partial charge in [-0.05, 0) is 49.7 Å². The summed E-state index contributed by atoms with van der Waals surface area (Å²) < 4.78 is 10.6. The molecule has 0 saturated carbocycles. The summed E-state index contributed by atoms with van der Waals surface area (Å²) in [5.74, 6) is 1.20. The number of rotatable bonds is 6. The fourth-order valence-electron chi connectivity index (χ4n) is 2.71. The van der Waals surface area contributed by atoms with Crippen molar-refractivity contribution >= 4 is 23.2 Å². The van der Waals surface area contributed by atoms with E-state index in [-0.39, 0.29) is 11.6 Å². The third-order valence-electron chi connectivity index (χ3n) is 4.04. The Bertz CT molecular complexity index is 1000. The van der Waals surface area contributed by atoms with Gasteiger partial charge in [0.15, 0.2) is 0 Å². The van der Waals surface area contributed by atoms with E-state index in [0.717, 1.165) is 11.3 Å². The summed E-state index contributed by atoms with van der Waals surface area (Å²) in [7, 11) is 3.15. The van der Waals surface area contributed by atoms with Crippen molar-refractivity contribution in [3.63, 3.8) is 0 Å². The minimum atomic E-state index is -0.353. The van der Waals surface area contributed by atoms with E-state index in [1.165, 1.54) is 0 Å². The monoisotopic (exact) mass is 378 g/mol. The highest BCUT2D eigenvalue weighted by Gasteiger charge is 2.14. The molecule has 0 unspecified atom stereocenters. The van der Waals surface area contributed by atoms with Crippen LogP contribution in [-0.4, -0.2) is 30.1 Å². The summed E-state index contributed by atoms with van der Waals surface area (Å²) in [6.45, 7) is 3.79. The van der Waals surface area contributed by atoms with Crippen molar-refractivity contribution < 1.29 is 14.3 Å². The zero-order valence-electron chi connectivity index (χ0n) is 16.2. The second-order valence-corrected chi connectivity index (χ2v) is 6.20. The first-order valence-electron chi connectivity index (χ1n) is 8.72. The number of hydrogen-bond donors (Lipinski definition) is 2. The van der Waals surface area contributed by atoms with Crippen LogP contribution in [0.15, 0.2) is 48.5 Å². The van der Waals surface area contributed by atoms with E-state index >= 15 is 0 Å². The second kappa shape index (κ2) is 8.39. The Labute approximate surface area is 163 Å². The summed E-state index contributed by atoms with van der Waals surface area (Å²) >= 11 is 0. The highest BCUT2D eigenvalue weighted by atomic mass is 16.5. The molecule has 0 aliphatic heterocycles. The molecule has 0 bridgehead atoms. The Morgan fingerprint density at radius 2 is 1.61 bits per heavy atom. The number of anilines is 3. The molecule has 2 N–H and O–H groups in total. The molecule has 0 aliphatic carbocycles. The lowest BCUT2D eigenvalue weighted by Gasteiger charge is -2.13. The van der Waals surface area contributed by atoms with Gasteiger partial charge >= 0.3 is 0 Å². The lowest BCUT2D eigenvalue weighted by atomic mass is 10.2. The molecule has 7 heteroatoms. The third kappa shape index (κ3) is 4.37. The Morgan fingerprint density at radius 3 is 2.36 bits per heavy atom. The topological polar surface area (TPSA) is 85.4 Å². The lowest BCUT2D eigenvalue weighted by molar-refractivity contribution is 0.102. The molecule has 0 aliphatic rings. The fourth-order valence-corrected chi connectivity index (χ4v) is 2.71. The van der Waals surface area contributed by atoms with Crippen LogP contribution in [0.25, 0.3) is 0 Å². The molecule has 0 fully saturated rings. The van der Waals surface area contributed by atoms with Crippen molar-refractivity contribution in [1.29, 1.82) is 0 Å². The van der Waals surface area contributed by atoms with Crippen LogP contribution in [0.4, 0.5) is 17.3 Å². The van der Waals surface area contributed by atoms with Crippen LogP contribution in [0.2, 0.25) is 0 Å². The molecular formula is C21H22N4O3. The molecule has 1 aromatic heterocycles. The Morgan fingerprint density at radius 1 is 0.893 bits per heavy atom. The van der Waals surface area contributed by atoms with E-state index < -0.39 is 0 Å². The number of nitrogens with one attached hydrogen (secondary N) is 2. The van der Waals surface area contributed by atoms with Crippen LogP contribution < -0.4 is 20.1 Å². The number of benzene rings is 2. The first-order chi connectivity index (χ1) is 13.5. The van der Waals surface area contributed by atoms with Gasteiger partial charge in [0.1, 0.15) is 17.2 Å². The van der Waals surface area contributed by atoms with Gasteiger partial charge in [0.05, 0.1) is 25.6 Å². The van der Waals surface area contributed by atoms with Crippen molar-refractivity contribution in [2.24, 2.45) is 0 Å². The van der Waals surface area contributed by atoms with Crippen LogP contribution in [-0.2, 0) is 0 Å². The summed E-state index contributed by atoms with van der Waals surface area (Å²) in [6.07, 6.45) is 0. The number of carbonyl (C=O) groups excluding carboxylic acids is 1. The molecule has 0 saturated heterocycles. The zero-order chi connectivity index (χ0) is 20.1. The molecule has 7 nitrogen and oxygen atoms in total. The number of carbonyl (C=O) groups is 1. The van der Waals surface area contributed by atoms with Gasteiger partial charge < -0.3 is 20.1 Å². The van der Waals surface area contributed by atoms with Crippen molar-refractivity contribution in [2.45, 2.75) is 13.8 Å². The maximum absolute atomic E-state index is 12.7. The molecule has 0 spiro atoms. The number of aromatic nitrogens is 2. The van der Waals surface area contributed by atoms with Crippen LogP contribution >= 0.6 is 0 Å². The largest absolute Gasteiger partial charge is 0.495 e. The first kappa shape index (κ1) is 19.2. The van der Waals surface area contributed by atoms with Crippen LogP contribution in [0.3, 0.4) is 0 Å². The SMILES string of the molecule is COc1ccccc1NC(=O)c1cc(C)nc(Nc2cc(C)ccc2OC)n1.